The lowest BCUT2D eigenvalue weighted by Crippen LogP contribution is -2.38. The van der Waals surface area contributed by atoms with Crippen molar-refractivity contribution in [1.82, 2.24) is 4.90 Å². The summed E-state index contributed by atoms with van der Waals surface area (Å²) in [5.74, 6) is -0.0551. The molecule has 5 heteroatoms. The van der Waals surface area contributed by atoms with Gasteiger partial charge < -0.3 is 9.64 Å². The number of nitrogens with zero attached hydrogens (tertiary/aromatic N) is 1. The van der Waals surface area contributed by atoms with Crippen molar-refractivity contribution in [1.29, 1.82) is 0 Å². The molecule has 0 bridgehead atoms. The van der Waals surface area contributed by atoms with Crippen LogP contribution in [0.15, 0.2) is 24.3 Å². The van der Waals surface area contributed by atoms with E-state index in [0.29, 0.717) is 24.7 Å². The largest absolute Gasteiger partial charge is 0.466 e. The second-order valence-corrected chi connectivity index (χ2v) is 6.65. The molecule has 2 rings (SSSR count). The van der Waals surface area contributed by atoms with Crippen molar-refractivity contribution in [3.63, 3.8) is 0 Å². The Balaban J connectivity index is 2.06. The number of hydrogen-bond acceptors (Lipinski definition) is 3. The number of carbonyl (C=O) groups is 2. The van der Waals surface area contributed by atoms with Crippen molar-refractivity contribution in [2.45, 2.75) is 52.0 Å². The van der Waals surface area contributed by atoms with Crippen molar-refractivity contribution in [2.24, 2.45) is 5.92 Å². The summed E-state index contributed by atoms with van der Waals surface area (Å²) in [4.78, 5) is 26.4. The van der Waals surface area contributed by atoms with Gasteiger partial charge in [-0.2, -0.15) is 0 Å². The zero-order valence-corrected chi connectivity index (χ0v) is 15.1. The summed E-state index contributed by atoms with van der Waals surface area (Å²) in [5, 5.41) is 0.648. The van der Waals surface area contributed by atoms with Gasteiger partial charge in [0.1, 0.15) is 0 Å². The van der Waals surface area contributed by atoms with Crippen LogP contribution in [0.1, 0.15) is 51.0 Å². The maximum absolute atomic E-state index is 12.9. The molecule has 0 spiro atoms. The molecule has 132 valence electrons. The van der Waals surface area contributed by atoms with Gasteiger partial charge in [-0.3, -0.25) is 9.59 Å². The minimum Gasteiger partial charge on any atom is -0.466 e. The second kappa shape index (κ2) is 9.67. The first kappa shape index (κ1) is 18.8. The third-order valence-corrected chi connectivity index (χ3v) is 4.85. The highest BCUT2D eigenvalue weighted by atomic mass is 35.5. The van der Waals surface area contributed by atoms with E-state index in [4.69, 9.17) is 16.3 Å². The summed E-state index contributed by atoms with van der Waals surface area (Å²) < 4.78 is 4.99. The minimum atomic E-state index is -0.266. The van der Waals surface area contributed by atoms with Crippen LogP contribution in [0.4, 0.5) is 0 Å². The van der Waals surface area contributed by atoms with Gasteiger partial charge in [0.25, 0.3) is 0 Å². The van der Waals surface area contributed by atoms with Crippen LogP contribution in [0, 0.1) is 5.92 Å². The molecule has 1 saturated carbocycles. The van der Waals surface area contributed by atoms with Crippen LogP contribution in [0.3, 0.4) is 0 Å². The predicted molar refractivity (Wildman–Crippen MR) is 94.7 cm³/mol. The van der Waals surface area contributed by atoms with Crippen LogP contribution in [0.2, 0.25) is 5.02 Å². The Morgan fingerprint density at radius 3 is 2.58 bits per heavy atom. The van der Waals surface area contributed by atoms with Gasteiger partial charge in [0.15, 0.2) is 0 Å². The van der Waals surface area contributed by atoms with Crippen molar-refractivity contribution < 1.29 is 14.3 Å². The predicted octanol–water partition coefficient (Wildman–Crippen LogP) is 4.20. The fourth-order valence-corrected chi connectivity index (χ4v) is 3.36. The molecule has 0 aliphatic heterocycles. The SMILES string of the molecule is CCOC(=O)CCN(Cc1ccccc1Cl)C(=O)C1CCCCC1. The van der Waals surface area contributed by atoms with Gasteiger partial charge in [-0.25, -0.2) is 0 Å². The molecule has 0 aromatic heterocycles. The molecule has 1 aromatic carbocycles. The number of carbonyl (C=O) groups excluding carboxylic acids is 2. The first-order chi connectivity index (χ1) is 11.6. The number of hydrogen-bond donors (Lipinski definition) is 0. The van der Waals surface area contributed by atoms with E-state index >= 15 is 0 Å². The van der Waals surface area contributed by atoms with Crippen molar-refractivity contribution in [3.8, 4) is 0 Å². The molecule has 1 aromatic rings. The lowest BCUT2D eigenvalue weighted by atomic mass is 9.88. The van der Waals surface area contributed by atoms with Crippen molar-refractivity contribution >= 4 is 23.5 Å². The van der Waals surface area contributed by atoms with Gasteiger partial charge in [-0.05, 0) is 31.4 Å². The number of halogens is 1. The maximum atomic E-state index is 12.9. The summed E-state index contributed by atoms with van der Waals surface area (Å²) in [5.41, 5.74) is 0.909. The van der Waals surface area contributed by atoms with Crippen LogP contribution < -0.4 is 0 Å². The zero-order chi connectivity index (χ0) is 17.4. The van der Waals surface area contributed by atoms with Crippen LogP contribution in [0.5, 0.6) is 0 Å². The monoisotopic (exact) mass is 351 g/mol. The van der Waals surface area contributed by atoms with Crippen LogP contribution in [-0.2, 0) is 20.9 Å². The molecule has 0 unspecified atom stereocenters. The molecule has 1 aliphatic rings. The number of benzene rings is 1. The quantitative estimate of drug-likeness (QED) is 0.691. The molecule has 0 saturated heterocycles. The second-order valence-electron chi connectivity index (χ2n) is 6.24. The smallest absolute Gasteiger partial charge is 0.307 e. The summed E-state index contributed by atoms with van der Waals surface area (Å²) in [6, 6.07) is 7.53. The summed E-state index contributed by atoms with van der Waals surface area (Å²) in [6.07, 6.45) is 5.52. The molecule has 0 N–H and O–H groups in total. The lowest BCUT2D eigenvalue weighted by Gasteiger charge is -2.29. The van der Waals surface area contributed by atoms with E-state index in [1.807, 2.05) is 24.3 Å². The molecule has 1 fully saturated rings. The lowest BCUT2D eigenvalue weighted by molar-refractivity contribution is -0.145. The third kappa shape index (κ3) is 5.52. The maximum Gasteiger partial charge on any atom is 0.307 e. The molecular weight excluding hydrogens is 326 g/mol. The van der Waals surface area contributed by atoms with Gasteiger partial charge in [0.2, 0.25) is 5.91 Å². The summed E-state index contributed by atoms with van der Waals surface area (Å²) in [7, 11) is 0. The third-order valence-electron chi connectivity index (χ3n) is 4.48. The van der Waals surface area contributed by atoms with E-state index in [-0.39, 0.29) is 24.2 Å². The average Bonchev–Trinajstić information content (AvgIpc) is 2.60. The Morgan fingerprint density at radius 2 is 1.92 bits per heavy atom. The van der Waals surface area contributed by atoms with Gasteiger partial charge >= 0.3 is 5.97 Å². The van der Waals surface area contributed by atoms with Crippen LogP contribution in [0.25, 0.3) is 0 Å². The Bertz CT molecular complexity index is 555. The molecule has 0 radical (unpaired) electrons. The number of ether oxygens (including phenoxy) is 1. The average molecular weight is 352 g/mol. The summed E-state index contributed by atoms with van der Waals surface area (Å²) >= 11 is 6.24. The first-order valence-electron chi connectivity index (χ1n) is 8.79. The first-order valence-corrected chi connectivity index (χ1v) is 9.17. The fraction of sp³-hybridized carbons (Fsp3) is 0.579. The number of rotatable bonds is 7. The molecular formula is C19H26ClNO3. The molecule has 1 aliphatic carbocycles. The van der Waals surface area contributed by atoms with Gasteiger partial charge in [-0.1, -0.05) is 49.1 Å². The van der Waals surface area contributed by atoms with E-state index in [1.54, 1.807) is 11.8 Å². The van der Waals surface area contributed by atoms with E-state index in [9.17, 15) is 9.59 Å². The van der Waals surface area contributed by atoms with E-state index in [2.05, 4.69) is 0 Å². The summed E-state index contributed by atoms with van der Waals surface area (Å²) in [6.45, 7) is 2.96. The van der Waals surface area contributed by atoms with Gasteiger partial charge in [-0.15, -0.1) is 0 Å². The molecule has 0 atom stereocenters. The van der Waals surface area contributed by atoms with Crippen LogP contribution >= 0.6 is 11.6 Å². The Labute approximate surface area is 149 Å². The highest BCUT2D eigenvalue weighted by Crippen LogP contribution is 2.27. The topological polar surface area (TPSA) is 46.6 Å². The highest BCUT2D eigenvalue weighted by molar-refractivity contribution is 6.31. The standard InChI is InChI=1S/C19H26ClNO3/c1-2-24-18(22)12-13-21(14-16-10-6-7-11-17(16)20)19(23)15-8-4-3-5-9-15/h6-7,10-11,15H,2-5,8-9,12-14H2,1H3. The Kier molecular flexibility index (Phi) is 7.57. The normalized spacial score (nSPS) is 15.1. The zero-order valence-electron chi connectivity index (χ0n) is 14.3. The van der Waals surface area contributed by atoms with E-state index in [0.717, 1.165) is 31.2 Å². The van der Waals surface area contributed by atoms with E-state index in [1.165, 1.54) is 6.42 Å². The molecule has 1 amide bonds. The fourth-order valence-electron chi connectivity index (χ4n) is 3.17. The molecule has 4 nitrogen and oxygen atoms in total. The van der Waals surface area contributed by atoms with Gasteiger partial charge in [0, 0.05) is 24.0 Å². The molecule has 24 heavy (non-hydrogen) atoms. The highest BCUT2D eigenvalue weighted by Gasteiger charge is 2.26. The van der Waals surface area contributed by atoms with E-state index < -0.39 is 0 Å². The van der Waals surface area contributed by atoms with Crippen molar-refractivity contribution in [3.05, 3.63) is 34.9 Å². The Morgan fingerprint density at radius 1 is 1.21 bits per heavy atom. The minimum absolute atomic E-state index is 0.0726. The number of amides is 1. The van der Waals surface area contributed by atoms with Crippen molar-refractivity contribution in [2.75, 3.05) is 13.2 Å². The number of esters is 1. The van der Waals surface area contributed by atoms with Crippen LogP contribution in [-0.4, -0.2) is 29.9 Å². The van der Waals surface area contributed by atoms with Gasteiger partial charge in [0.05, 0.1) is 13.0 Å². The molecule has 0 heterocycles. The Hall–Kier alpha value is -1.55.